The van der Waals surface area contributed by atoms with Gasteiger partial charge in [-0.3, -0.25) is 0 Å². The van der Waals surface area contributed by atoms with Gasteiger partial charge < -0.3 is 15.3 Å². The highest BCUT2D eigenvalue weighted by atomic mass is 16.3. The van der Waals surface area contributed by atoms with Gasteiger partial charge in [0.25, 0.3) is 0 Å². The third kappa shape index (κ3) is 4.47. The van der Waals surface area contributed by atoms with Crippen LogP contribution in [-0.4, -0.2) is 36.9 Å². The minimum atomic E-state index is -0.260. The second-order valence-corrected chi connectivity index (χ2v) is 7.66. The van der Waals surface area contributed by atoms with Crippen LogP contribution in [0.2, 0.25) is 0 Å². The van der Waals surface area contributed by atoms with Crippen molar-refractivity contribution >= 4 is 5.69 Å². The van der Waals surface area contributed by atoms with E-state index in [4.69, 9.17) is 0 Å². The summed E-state index contributed by atoms with van der Waals surface area (Å²) in [4.78, 5) is 2.46. The van der Waals surface area contributed by atoms with Crippen molar-refractivity contribution in [3.8, 4) is 0 Å². The zero-order valence-electron chi connectivity index (χ0n) is 14.5. The smallest absolute Gasteiger partial charge is 0.0626 e. The van der Waals surface area contributed by atoms with Gasteiger partial charge in [0.2, 0.25) is 0 Å². The Bertz CT molecular complexity index is 436. The molecule has 0 saturated carbocycles. The standard InChI is InChI=1S/C19H32N2O/c1-15(2)18(22)19(3,4)14-20-16-10-12-21(13-11-16)17-8-6-5-7-9-17/h5-9,15-16,18,20,22H,10-14H2,1-4H3. The van der Waals surface area contributed by atoms with Crippen molar-refractivity contribution in [2.45, 2.75) is 52.7 Å². The minimum absolute atomic E-state index is 0.0786. The fraction of sp³-hybridized carbons (Fsp3) is 0.684. The second kappa shape index (κ2) is 7.47. The van der Waals surface area contributed by atoms with Gasteiger partial charge in [-0.15, -0.1) is 0 Å². The molecule has 1 aromatic rings. The van der Waals surface area contributed by atoms with Crippen LogP contribution in [0.5, 0.6) is 0 Å². The van der Waals surface area contributed by atoms with E-state index in [0.717, 1.165) is 19.6 Å². The minimum Gasteiger partial charge on any atom is -0.392 e. The zero-order chi connectivity index (χ0) is 16.2. The predicted octanol–water partition coefficient (Wildman–Crippen LogP) is 3.29. The molecule has 1 fully saturated rings. The van der Waals surface area contributed by atoms with E-state index in [2.05, 4.69) is 68.2 Å². The molecule has 124 valence electrons. The topological polar surface area (TPSA) is 35.5 Å². The first-order valence-corrected chi connectivity index (χ1v) is 8.61. The van der Waals surface area contributed by atoms with Crippen LogP contribution in [0.15, 0.2) is 30.3 Å². The molecular formula is C19H32N2O. The number of benzene rings is 1. The summed E-state index contributed by atoms with van der Waals surface area (Å²) in [6.07, 6.45) is 2.08. The maximum atomic E-state index is 10.3. The quantitative estimate of drug-likeness (QED) is 0.846. The lowest BCUT2D eigenvalue weighted by Gasteiger charge is -2.38. The normalized spacial score (nSPS) is 18.7. The van der Waals surface area contributed by atoms with Crippen LogP contribution in [0, 0.1) is 11.3 Å². The van der Waals surface area contributed by atoms with Gasteiger partial charge in [-0.1, -0.05) is 45.9 Å². The number of hydrogen-bond donors (Lipinski definition) is 2. The largest absolute Gasteiger partial charge is 0.392 e. The first-order valence-electron chi connectivity index (χ1n) is 8.61. The molecule has 1 atom stereocenters. The van der Waals surface area contributed by atoms with E-state index in [0.29, 0.717) is 12.0 Å². The molecule has 2 N–H and O–H groups in total. The molecule has 0 aliphatic carbocycles. The van der Waals surface area contributed by atoms with Crippen molar-refractivity contribution in [3.05, 3.63) is 30.3 Å². The Hall–Kier alpha value is -1.06. The summed E-state index contributed by atoms with van der Waals surface area (Å²) in [5.41, 5.74) is 1.25. The number of piperidine rings is 1. The Morgan fingerprint density at radius 1 is 1.18 bits per heavy atom. The summed E-state index contributed by atoms with van der Waals surface area (Å²) in [7, 11) is 0. The molecule has 22 heavy (non-hydrogen) atoms. The second-order valence-electron chi connectivity index (χ2n) is 7.66. The van der Waals surface area contributed by atoms with E-state index in [1.165, 1.54) is 18.5 Å². The van der Waals surface area contributed by atoms with E-state index in [1.807, 2.05) is 0 Å². The fourth-order valence-corrected chi connectivity index (χ4v) is 3.39. The summed E-state index contributed by atoms with van der Waals surface area (Å²) in [5, 5.41) is 14.0. The van der Waals surface area contributed by atoms with Crippen LogP contribution in [0.4, 0.5) is 5.69 Å². The highest BCUT2D eigenvalue weighted by Crippen LogP contribution is 2.26. The summed E-state index contributed by atoms with van der Waals surface area (Å²) >= 11 is 0. The highest BCUT2D eigenvalue weighted by molar-refractivity contribution is 5.46. The monoisotopic (exact) mass is 304 g/mol. The molecule has 1 unspecified atom stereocenters. The van der Waals surface area contributed by atoms with Crippen LogP contribution < -0.4 is 10.2 Å². The first-order chi connectivity index (χ1) is 10.4. The molecule has 3 heteroatoms. The van der Waals surface area contributed by atoms with Gasteiger partial charge in [0.05, 0.1) is 6.10 Å². The van der Waals surface area contributed by atoms with Crippen molar-refractivity contribution in [3.63, 3.8) is 0 Å². The van der Waals surface area contributed by atoms with E-state index < -0.39 is 0 Å². The molecule has 2 rings (SSSR count). The van der Waals surface area contributed by atoms with Gasteiger partial charge in [0.15, 0.2) is 0 Å². The van der Waals surface area contributed by atoms with Crippen LogP contribution in [0.1, 0.15) is 40.5 Å². The number of nitrogens with zero attached hydrogens (tertiary/aromatic N) is 1. The van der Waals surface area contributed by atoms with Crippen LogP contribution in [0.3, 0.4) is 0 Å². The molecule has 0 bridgehead atoms. The Morgan fingerprint density at radius 2 is 1.77 bits per heavy atom. The molecule has 0 aromatic heterocycles. The molecule has 1 aliphatic rings. The van der Waals surface area contributed by atoms with Gasteiger partial charge in [-0.05, 0) is 30.9 Å². The molecular weight excluding hydrogens is 272 g/mol. The Balaban J connectivity index is 1.78. The van der Waals surface area contributed by atoms with Crippen LogP contribution in [-0.2, 0) is 0 Å². The SMILES string of the molecule is CC(C)C(O)C(C)(C)CNC1CCN(c2ccccc2)CC1. The number of rotatable bonds is 6. The lowest BCUT2D eigenvalue weighted by Crippen LogP contribution is -2.48. The Morgan fingerprint density at radius 3 is 2.32 bits per heavy atom. The predicted molar refractivity (Wildman–Crippen MR) is 94.3 cm³/mol. The number of aliphatic hydroxyl groups is 1. The van der Waals surface area contributed by atoms with E-state index >= 15 is 0 Å². The molecule has 1 heterocycles. The number of para-hydroxylation sites is 1. The van der Waals surface area contributed by atoms with Crippen molar-refractivity contribution < 1.29 is 5.11 Å². The number of anilines is 1. The molecule has 0 spiro atoms. The lowest BCUT2D eigenvalue weighted by molar-refractivity contribution is 0.0117. The number of aliphatic hydroxyl groups excluding tert-OH is 1. The Labute approximate surface area is 135 Å². The number of hydrogen-bond acceptors (Lipinski definition) is 3. The average molecular weight is 304 g/mol. The first kappa shape index (κ1) is 17.3. The molecule has 0 radical (unpaired) electrons. The lowest BCUT2D eigenvalue weighted by atomic mass is 9.80. The van der Waals surface area contributed by atoms with Crippen molar-refractivity contribution in [2.24, 2.45) is 11.3 Å². The number of nitrogens with one attached hydrogen (secondary N) is 1. The summed E-state index contributed by atoms with van der Waals surface area (Å²) in [6, 6.07) is 11.2. The molecule has 0 amide bonds. The highest BCUT2D eigenvalue weighted by Gasteiger charge is 2.31. The van der Waals surface area contributed by atoms with Gasteiger partial charge in [-0.2, -0.15) is 0 Å². The Kier molecular flexibility index (Phi) is 5.87. The van der Waals surface area contributed by atoms with E-state index in [1.54, 1.807) is 0 Å². The van der Waals surface area contributed by atoms with Crippen LogP contribution in [0.25, 0.3) is 0 Å². The molecule has 1 aromatic carbocycles. The van der Waals surface area contributed by atoms with Gasteiger partial charge in [0.1, 0.15) is 0 Å². The third-order valence-corrected chi connectivity index (χ3v) is 4.89. The van der Waals surface area contributed by atoms with Crippen LogP contribution >= 0.6 is 0 Å². The van der Waals surface area contributed by atoms with Gasteiger partial charge in [-0.25, -0.2) is 0 Å². The maximum absolute atomic E-state index is 10.3. The third-order valence-electron chi connectivity index (χ3n) is 4.89. The maximum Gasteiger partial charge on any atom is 0.0626 e. The zero-order valence-corrected chi connectivity index (χ0v) is 14.5. The van der Waals surface area contributed by atoms with E-state index in [-0.39, 0.29) is 11.5 Å². The van der Waals surface area contributed by atoms with Gasteiger partial charge in [0, 0.05) is 36.8 Å². The average Bonchev–Trinajstić information content (AvgIpc) is 2.53. The summed E-state index contributed by atoms with van der Waals surface area (Å²) < 4.78 is 0. The summed E-state index contributed by atoms with van der Waals surface area (Å²) in [5.74, 6) is 0.303. The van der Waals surface area contributed by atoms with Crippen molar-refractivity contribution in [2.75, 3.05) is 24.5 Å². The summed E-state index contributed by atoms with van der Waals surface area (Å²) in [6.45, 7) is 11.6. The molecule has 1 saturated heterocycles. The van der Waals surface area contributed by atoms with Crippen molar-refractivity contribution in [1.82, 2.24) is 5.32 Å². The van der Waals surface area contributed by atoms with Crippen molar-refractivity contribution in [1.29, 1.82) is 0 Å². The molecule has 1 aliphatic heterocycles. The van der Waals surface area contributed by atoms with Gasteiger partial charge >= 0.3 is 0 Å². The fourth-order valence-electron chi connectivity index (χ4n) is 3.39. The molecule has 3 nitrogen and oxygen atoms in total. The van der Waals surface area contributed by atoms with E-state index in [9.17, 15) is 5.11 Å².